The summed E-state index contributed by atoms with van der Waals surface area (Å²) in [6.45, 7) is 1.03. The zero-order valence-corrected chi connectivity index (χ0v) is 20.7. The number of benzene rings is 2. The van der Waals surface area contributed by atoms with Crippen LogP contribution >= 0.6 is 11.6 Å². The molecule has 34 heavy (non-hydrogen) atoms. The summed E-state index contributed by atoms with van der Waals surface area (Å²) in [7, 11) is 8.35. The fraction of sp³-hybridized carbons (Fsp3) is 0.360. The van der Waals surface area contributed by atoms with Gasteiger partial charge in [0.05, 0.1) is 38.0 Å². The van der Waals surface area contributed by atoms with Gasteiger partial charge in [-0.15, -0.1) is 0 Å². The molecule has 0 spiro atoms. The Kier molecular flexibility index (Phi) is 8.06. The molecular formula is C25H29ClN2O6. The Morgan fingerprint density at radius 1 is 1.06 bits per heavy atom. The molecule has 1 saturated heterocycles. The smallest absolute Gasteiger partial charge is 0.295 e. The number of nitrogens with zero attached hydrogens (tertiary/aromatic N) is 2. The topological polar surface area (TPSA) is 88.5 Å². The normalized spacial score (nSPS) is 17.4. The van der Waals surface area contributed by atoms with Gasteiger partial charge in [0, 0.05) is 17.7 Å². The fourth-order valence-electron chi connectivity index (χ4n) is 4.09. The van der Waals surface area contributed by atoms with Gasteiger partial charge in [0.25, 0.3) is 11.7 Å². The summed E-state index contributed by atoms with van der Waals surface area (Å²) in [5, 5.41) is 11.5. The molecule has 2 aromatic rings. The summed E-state index contributed by atoms with van der Waals surface area (Å²) in [5.74, 6) is -0.528. The van der Waals surface area contributed by atoms with E-state index in [-0.39, 0.29) is 16.4 Å². The van der Waals surface area contributed by atoms with Crippen LogP contribution in [-0.4, -0.2) is 75.1 Å². The lowest BCUT2D eigenvalue weighted by Crippen LogP contribution is -2.32. The number of carbonyl (C=O) groups excluding carboxylic acids is 2. The lowest BCUT2D eigenvalue weighted by molar-refractivity contribution is -0.140. The molecule has 1 amide bonds. The van der Waals surface area contributed by atoms with Gasteiger partial charge in [0.1, 0.15) is 11.5 Å². The average molecular weight is 489 g/mol. The van der Waals surface area contributed by atoms with Crippen LogP contribution in [0.15, 0.2) is 42.0 Å². The third-order valence-electron chi connectivity index (χ3n) is 5.70. The molecule has 1 N–H and O–H groups in total. The van der Waals surface area contributed by atoms with E-state index in [1.165, 1.54) is 32.3 Å². The largest absolute Gasteiger partial charge is 0.507 e. The number of Topliss-reactive ketones (excluding diaryl/α,β-unsaturated/α-hetero) is 1. The van der Waals surface area contributed by atoms with Crippen molar-refractivity contribution in [3.8, 4) is 17.2 Å². The van der Waals surface area contributed by atoms with E-state index >= 15 is 0 Å². The van der Waals surface area contributed by atoms with Crippen molar-refractivity contribution in [1.82, 2.24) is 9.80 Å². The van der Waals surface area contributed by atoms with Crippen molar-refractivity contribution in [2.45, 2.75) is 12.5 Å². The molecule has 1 fully saturated rings. The summed E-state index contributed by atoms with van der Waals surface area (Å²) in [4.78, 5) is 29.8. The molecule has 3 rings (SSSR count). The summed E-state index contributed by atoms with van der Waals surface area (Å²) in [5.41, 5.74) is 0.790. The van der Waals surface area contributed by atoms with E-state index in [9.17, 15) is 14.7 Å². The Morgan fingerprint density at radius 2 is 1.76 bits per heavy atom. The van der Waals surface area contributed by atoms with Crippen molar-refractivity contribution < 1.29 is 28.9 Å². The van der Waals surface area contributed by atoms with Crippen molar-refractivity contribution in [1.29, 1.82) is 0 Å². The van der Waals surface area contributed by atoms with Gasteiger partial charge in [-0.25, -0.2) is 0 Å². The molecule has 0 aliphatic carbocycles. The third kappa shape index (κ3) is 4.83. The summed E-state index contributed by atoms with van der Waals surface area (Å²) >= 11 is 6.25. The average Bonchev–Trinajstić information content (AvgIpc) is 3.07. The predicted octanol–water partition coefficient (Wildman–Crippen LogP) is 3.74. The van der Waals surface area contributed by atoms with Crippen LogP contribution in [0.25, 0.3) is 5.76 Å². The van der Waals surface area contributed by atoms with Crippen LogP contribution in [0.5, 0.6) is 17.2 Å². The number of aliphatic hydroxyl groups is 1. The number of para-hydroxylation sites is 1. The quantitative estimate of drug-likeness (QED) is 0.327. The molecular weight excluding hydrogens is 460 g/mol. The maximum absolute atomic E-state index is 13.2. The Hall–Kier alpha value is -3.23. The molecule has 0 radical (unpaired) electrons. The maximum atomic E-state index is 13.2. The standard InChI is InChI=1S/C25H29ClN2O6/c1-27(2)12-7-13-28-21(16-8-6-9-19(33-4)24(16)34-5)20(23(30)25(28)31)22(29)15-10-11-18(32-3)17(26)14-15/h6,8-11,14,21,29H,7,12-13H2,1-5H3/b22-20+/t21-/m1/s1. The third-order valence-corrected chi connectivity index (χ3v) is 5.99. The Morgan fingerprint density at radius 3 is 2.35 bits per heavy atom. The predicted molar refractivity (Wildman–Crippen MR) is 130 cm³/mol. The molecule has 0 saturated carbocycles. The molecule has 1 heterocycles. The number of hydrogen-bond acceptors (Lipinski definition) is 7. The second-order valence-corrected chi connectivity index (χ2v) is 8.49. The zero-order chi connectivity index (χ0) is 25.0. The highest BCUT2D eigenvalue weighted by Crippen LogP contribution is 2.45. The number of ether oxygens (including phenoxy) is 3. The van der Waals surface area contributed by atoms with E-state index in [0.717, 1.165) is 6.54 Å². The number of amides is 1. The highest BCUT2D eigenvalue weighted by Gasteiger charge is 2.47. The van der Waals surface area contributed by atoms with Crippen LogP contribution < -0.4 is 14.2 Å². The first kappa shape index (κ1) is 25.4. The minimum atomic E-state index is -0.868. The minimum absolute atomic E-state index is 0.0392. The highest BCUT2D eigenvalue weighted by molar-refractivity contribution is 6.46. The summed E-state index contributed by atoms with van der Waals surface area (Å²) in [6, 6.07) is 9.03. The fourth-order valence-corrected chi connectivity index (χ4v) is 4.35. The molecule has 2 aromatic carbocycles. The number of methoxy groups -OCH3 is 3. The Balaban J connectivity index is 2.21. The molecule has 8 nitrogen and oxygen atoms in total. The van der Waals surface area contributed by atoms with Crippen LogP contribution in [0.3, 0.4) is 0 Å². The van der Waals surface area contributed by atoms with Gasteiger partial charge in [-0.1, -0.05) is 23.7 Å². The first-order chi connectivity index (χ1) is 16.2. The molecule has 1 aliphatic rings. The van der Waals surface area contributed by atoms with Crippen molar-refractivity contribution in [2.75, 3.05) is 48.5 Å². The highest BCUT2D eigenvalue weighted by atomic mass is 35.5. The maximum Gasteiger partial charge on any atom is 0.295 e. The van der Waals surface area contributed by atoms with Gasteiger partial charge in [-0.2, -0.15) is 0 Å². The molecule has 182 valence electrons. The minimum Gasteiger partial charge on any atom is -0.507 e. The van der Waals surface area contributed by atoms with Gasteiger partial charge in [-0.05, 0) is 51.3 Å². The van der Waals surface area contributed by atoms with E-state index in [2.05, 4.69) is 0 Å². The van der Waals surface area contributed by atoms with E-state index < -0.39 is 17.7 Å². The number of ketones is 1. The van der Waals surface area contributed by atoms with Crippen LogP contribution in [0, 0.1) is 0 Å². The number of rotatable bonds is 9. The number of carbonyl (C=O) groups is 2. The monoisotopic (exact) mass is 488 g/mol. The van der Waals surface area contributed by atoms with E-state index in [0.29, 0.717) is 41.3 Å². The molecule has 0 bridgehead atoms. The lowest BCUT2D eigenvalue weighted by Gasteiger charge is -2.27. The van der Waals surface area contributed by atoms with Crippen LogP contribution in [0.1, 0.15) is 23.6 Å². The second kappa shape index (κ2) is 10.8. The molecule has 1 atom stereocenters. The number of hydrogen-bond donors (Lipinski definition) is 1. The van der Waals surface area contributed by atoms with Gasteiger partial charge >= 0.3 is 0 Å². The van der Waals surface area contributed by atoms with Gasteiger partial charge in [0.15, 0.2) is 11.5 Å². The van der Waals surface area contributed by atoms with E-state index in [1.807, 2.05) is 19.0 Å². The Bertz CT molecular complexity index is 1110. The number of halogens is 1. The van der Waals surface area contributed by atoms with Gasteiger partial charge in [0.2, 0.25) is 0 Å². The summed E-state index contributed by atoms with van der Waals surface area (Å²) < 4.78 is 16.2. The van der Waals surface area contributed by atoms with Crippen LogP contribution in [0.4, 0.5) is 0 Å². The number of aliphatic hydroxyl groups excluding tert-OH is 1. The first-order valence-electron chi connectivity index (χ1n) is 10.7. The molecule has 1 aliphatic heterocycles. The van der Waals surface area contributed by atoms with Crippen LogP contribution in [-0.2, 0) is 9.59 Å². The first-order valence-corrected chi connectivity index (χ1v) is 11.1. The van der Waals surface area contributed by atoms with Crippen molar-refractivity contribution >= 4 is 29.1 Å². The number of likely N-dealkylation sites (tertiary alicyclic amines) is 1. The SMILES string of the molecule is COc1ccc(/C(O)=C2\C(=O)C(=O)N(CCCN(C)C)[C@@H]2c2cccc(OC)c2OC)cc1Cl. The van der Waals surface area contributed by atoms with Crippen LogP contribution in [0.2, 0.25) is 5.02 Å². The van der Waals surface area contributed by atoms with Gasteiger partial charge in [-0.3, -0.25) is 9.59 Å². The molecule has 9 heteroatoms. The van der Waals surface area contributed by atoms with E-state index in [1.54, 1.807) is 30.3 Å². The molecule has 0 aromatic heterocycles. The van der Waals surface area contributed by atoms with Crippen molar-refractivity contribution in [3.05, 3.63) is 58.1 Å². The Labute approximate surface area is 204 Å². The van der Waals surface area contributed by atoms with Crippen molar-refractivity contribution in [2.24, 2.45) is 0 Å². The second-order valence-electron chi connectivity index (χ2n) is 8.08. The zero-order valence-electron chi connectivity index (χ0n) is 19.9. The van der Waals surface area contributed by atoms with Crippen molar-refractivity contribution in [3.63, 3.8) is 0 Å². The van der Waals surface area contributed by atoms with E-state index in [4.69, 9.17) is 25.8 Å². The lowest BCUT2D eigenvalue weighted by atomic mass is 9.94. The van der Waals surface area contributed by atoms with Gasteiger partial charge < -0.3 is 29.1 Å². The summed E-state index contributed by atoms with van der Waals surface area (Å²) in [6.07, 6.45) is 0.636. The molecule has 0 unspecified atom stereocenters.